The topological polar surface area (TPSA) is 61.9 Å². The Morgan fingerprint density at radius 2 is 1.89 bits per heavy atom. The molecule has 0 bridgehead atoms. The monoisotopic (exact) mass is 265 g/mol. The van der Waals surface area contributed by atoms with Crippen molar-refractivity contribution in [1.82, 2.24) is 15.3 Å². The Morgan fingerprint density at radius 1 is 1.21 bits per heavy atom. The molecule has 0 unspecified atom stereocenters. The summed E-state index contributed by atoms with van der Waals surface area (Å²) in [6, 6.07) is 1.96. The van der Waals surface area contributed by atoms with Gasteiger partial charge in [0.1, 0.15) is 18.0 Å². The molecule has 0 fully saturated rings. The van der Waals surface area contributed by atoms with E-state index in [4.69, 9.17) is 0 Å². The quantitative estimate of drug-likeness (QED) is 0.673. The lowest BCUT2D eigenvalue weighted by Gasteiger charge is -2.26. The average molecular weight is 265 g/mol. The van der Waals surface area contributed by atoms with E-state index in [0.717, 1.165) is 31.1 Å². The minimum Gasteiger partial charge on any atom is -0.370 e. The molecule has 19 heavy (non-hydrogen) atoms. The van der Waals surface area contributed by atoms with Gasteiger partial charge in [-0.3, -0.25) is 0 Å². The molecular formula is C14H27N5. The van der Waals surface area contributed by atoms with Crippen LogP contribution in [-0.4, -0.2) is 35.6 Å². The van der Waals surface area contributed by atoms with Crippen molar-refractivity contribution in [3.8, 4) is 0 Å². The number of hydrogen-bond donors (Lipinski definition) is 3. The van der Waals surface area contributed by atoms with Crippen LogP contribution in [0.2, 0.25) is 0 Å². The summed E-state index contributed by atoms with van der Waals surface area (Å²) >= 11 is 0. The molecule has 0 atom stereocenters. The van der Waals surface area contributed by atoms with Gasteiger partial charge in [-0.2, -0.15) is 0 Å². The molecule has 5 heteroatoms. The highest BCUT2D eigenvalue weighted by molar-refractivity contribution is 5.47. The number of nitrogens with zero attached hydrogens (tertiary/aromatic N) is 2. The molecule has 0 aliphatic carbocycles. The second-order valence-corrected chi connectivity index (χ2v) is 5.94. The maximum absolute atomic E-state index is 4.26. The van der Waals surface area contributed by atoms with Crippen molar-refractivity contribution < 1.29 is 0 Å². The normalized spacial score (nSPS) is 11.7. The Labute approximate surface area is 116 Å². The maximum Gasteiger partial charge on any atom is 0.131 e. The predicted octanol–water partition coefficient (Wildman–Crippen LogP) is 2.34. The smallest absolute Gasteiger partial charge is 0.131 e. The summed E-state index contributed by atoms with van der Waals surface area (Å²) in [5, 5.41) is 9.90. The van der Waals surface area contributed by atoms with Crippen LogP contribution in [0, 0.1) is 5.92 Å². The molecule has 0 aromatic carbocycles. The van der Waals surface area contributed by atoms with Crippen LogP contribution in [0.4, 0.5) is 11.6 Å². The number of anilines is 2. The van der Waals surface area contributed by atoms with Gasteiger partial charge in [0.05, 0.1) is 0 Å². The Hall–Kier alpha value is -1.36. The Bertz CT molecular complexity index is 376. The van der Waals surface area contributed by atoms with Gasteiger partial charge in [-0.15, -0.1) is 0 Å². The fourth-order valence-electron chi connectivity index (χ4n) is 1.84. The molecule has 0 saturated heterocycles. The van der Waals surface area contributed by atoms with Gasteiger partial charge in [0.25, 0.3) is 0 Å². The van der Waals surface area contributed by atoms with Crippen LogP contribution >= 0.6 is 0 Å². The number of rotatable bonds is 8. The molecule has 108 valence electrons. The molecular weight excluding hydrogens is 238 g/mol. The summed E-state index contributed by atoms with van der Waals surface area (Å²) in [7, 11) is 1.95. The first-order valence-corrected chi connectivity index (χ1v) is 6.91. The first-order chi connectivity index (χ1) is 8.93. The molecule has 0 saturated carbocycles. The number of hydrogen-bond acceptors (Lipinski definition) is 5. The van der Waals surface area contributed by atoms with Crippen molar-refractivity contribution in [2.24, 2.45) is 5.92 Å². The second kappa shape index (κ2) is 7.28. The first kappa shape index (κ1) is 15.7. The molecule has 1 aromatic heterocycles. The SMILES string of the molecule is CNCC(C)(C)Nc1cc(NCCC(C)C)ncn1. The van der Waals surface area contributed by atoms with E-state index in [1.807, 2.05) is 13.1 Å². The summed E-state index contributed by atoms with van der Waals surface area (Å²) in [5.74, 6) is 2.42. The van der Waals surface area contributed by atoms with Crippen LogP contribution < -0.4 is 16.0 Å². The van der Waals surface area contributed by atoms with Crippen molar-refractivity contribution >= 4 is 11.6 Å². The molecule has 1 rings (SSSR count). The fourth-order valence-corrected chi connectivity index (χ4v) is 1.84. The van der Waals surface area contributed by atoms with Gasteiger partial charge < -0.3 is 16.0 Å². The van der Waals surface area contributed by atoms with Gasteiger partial charge in [0.2, 0.25) is 0 Å². The summed E-state index contributed by atoms with van der Waals surface area (Å²) in [6.45, 7) is 10.5. The zero-order valence-electron chi connectivity index (χ0n) is 12.7. The number of aromatic nitrogens is 2. The van der Waals surface area contributed by atoms with Crippen LogP contribution in [0.1, 0.15) is 34.1 Å². The zero-order valence-corrected chi connectivity index (χ0v) is 12.7. The molecule has 1 aromatic rings. The molecule has 0 amide bonds. The molecule has 3 N–H and O–H groups in total. The van der Waals surface area contributed by atoms with E-state index in [1.54, 1.807) is 6.33 Å². The summed E-state index contributed by atoms with van der Waals surface area (Å²) < 4.78 is 0. The van der Waals surface area contributed by atoms with E-state index >= 15 is 0 Å². The number of nitrogens with one attached hydrogen (secondary N) is 3. The number of likely N-dealkylation sites (N-methyl/N-ethyl adjacent to an activating group) is 1. The molecule has 0 aliphatic rings. The molecule has 0 aliphatic heterocycles. The van der Waals surface area contributed by atoms with Crippen molar-refractivity contribution in [3.63, 3.8) is 0 Å². The van der Waals surface area contributed by atoms with Crippen LogP contribution in [0.3, 0.4) is 0 Å². The second-order valence-electron chi connectivity index (χ2n) is 5.94. The lowest BCUT2D eigenvalue weighted by molar-refractivity contribution is 0.528. The van der Waals surface area contributed by atoms with E-state index in [1.165, 1.54) is 0 Å². The van der Waals surface area contributed by atoms with E-state index in [0.29, 0.717) is 5.92 Å². The Balaban J connectivity index is 2.56. The summed E-state index contributed by atoms with van der Waals surface area (Å²) in [5.41, 5.74) is -0.0433. The molecule has 5 nitrogen and oxygen atoms in total. The van der Waals surface area contributed by atoms with Crippen molar-refractivity contribution in [2.75, 3.05) is 30.8 Å². The van der Waals surface area contributed by atoms with Crippen LogP contribution in [-0.2, 0) is 0 Å². The average Bonchev–Trinajstić information content (AvgIpc) is 2.28. The minimum absolute atomic E-state index is 0.0433. The van der Waals surface area contributed by atoms with E-state index in [2.05, 4.69) is 53.6 Å². The first-order valence-electron chi connectivity index (χ1n) is 6.91. The van der Waals surface area contributed by atoms with E-state index in [-0.39, 0.29) is 5.54 Å². The summed E-state index contributed by atoms with van der Waals surface area (Å²) in [6.07, 6.45) is 2.73. The molecule has 0 spiro atoms. The van der Waals surface area contributed by atoms with Gasteiger partial charge in [0, 0.05) is 24.7 Å². The van der Waals surface area contributed by atoms with Crippen molar-refractivity contribution in [2.45, 2.75) is 39.7 Å². The maximum atomic E-state index is 4.26. The van der Waals surface area contributed by atoms with Gasteiger partial charge in [-0.05, 0) is 33.2 Å². The van der Waals surface area contributed by atoms with Crippen molar-refractivity contribution in [1.29, 1.82) is 0 Å². The Morgan fingerprint density at radius 3 is 2.53 bits per heavy atom. The third-order valence-electron chi connectivity index (χ3n) is 2.78. The largest absolute Gasteiger partial charge is 0.370 e. The third kappa shape index (κ3) is 6.38. The minimum atomic E-state index is -0.0433. The van der Waals surface area contributed by atoms with Crippen molar-refractivity contribution in [3.05, 3.63) is 12.4 Å². The zero-order chi connectivity index (χ0) is 14.3. The van der Waals surface area contributed by atoms with E-state index in [9.17, 15) is 0 Å². The van der Waals surface area contributed by atoms with Crippen LogP contribution in [0.15, 0.2) is 12.4 Å². The van der Waals surface area contributed by atoms with Crippen LogP contribution in [0.5, 0.6) is 0 Å². The standard InChI is InChI=1S/C14H27N5/c1-11(2)6-7-16-12-8-13(18-10-17-12)19-14(3,4)9-15-5/h8,10-11,15H,6-7,9H2,1-5H3,(H2,16,17,18,19). The van der Waals surface area contributed by atoms with Crippen LogP contribution in [0.25, 0.3) is 0 Å². The summed E-state index contributed by atoms with van der Waals surface area (Å²) in [4.78, 5) is 8.49. The Kier molecular flexibility index (Phi) is 6.02. The molecule has 0 radical (unpaired) electrons. The van der Waals surface area contributed by atoms with Gasteiger partial charge >= 0.3 is 0 Å². The lowest BCUT2D eigenvalue weighted by Crippen LogP contribution is -2.40. The lowest BCUT2D eigenvalue weighted by atomic mass is 10.1. The van der Waals surface area contributed by atoms with Gasteiger partial charge in [-0.25, -0.2) is 9.97 Å². The van der Waals surface area contributed by atoms with E-state index < -0.39 is 0 Å². The fraction of sp³-hybridized carbons (Fsp3) is 0.714. The van der Waals surface area contributed by atoms with Gasteiger partial charge in [-0.1, -0.05) is 13.8 Å². The highest BCUT2D eigenvalue weighted by Crippen LogP contribution is 2.14. The molecule has 1 heterocycles. The highest BCUT2D eigenvalue weighted by atomic mass is 15.1. The predicted molar refractivity (Wildman–Crippen MR) is 81.6 cm³/mol. The van der Waals surface area contributed by atoms with Gasteiger partial charge in [0.15, 0.2) is 0 Å². The highest BCUT2D eigenvalue weighted by Gasteiger charge is 2.16. The third-order valence-corrected chi connectivity index (χ3v) is 2.78.